The van der Waals surface area contributed by atoms with E-state index in [0.29, 0.717) is 31.1 Å². The molecule has 0 radical (unpaired) electrons. The van der Waals surface area contributed by atoms with E-state index in [4.69, 9.17) is 17.3 Å². The largest absolute Gasteiger partial charge is 0.383 e. The number of hydrogen-bond donors (Lipinski definition) is 1. The molecule has 2 N–H and O–H groups in total. The van der Waals surface area contributed by atoms with Crippen molar-refractivity contribution in [3.63, 3.8) is 0 Å². The van der Waals surface area contributed by atoms with E-state index < -0.39 is 5.82 Å². The van der Waals surface area contributed by atoms with Crippen LogP contribution >= 0.6 is 11.6 Å². The van der Waals surface area contributed by atoms with Crippen LogP contribution in [0.2, 0.25) is 5.02 Å². The van der Waals surface area contributed by atoms with Crippen molar-refractivity contribution < 1.29 is 8.78 Å². The van der Waals surface area contributed by atoms with Crippen molar-refractivity contribution in [1.29, 1.82) is 0 Å². The molecular formula is C18H15ClF2N4. The summed E-state index contributed by atoms with van der Waals surface area (Å²) in [5.41, 5.74) is 8.50. The second kappa shape index (κ2) is 6.04. The third-order valence-corrected chi connectivity index (χ3v) is 4.69. The number of benzene rings is 2. The van der Waals surface area contributed by atoms with Crippen LogP contribution in [0.3, 0.4) is 0 Å². The zero-order valence-electron chi connectivity index (χ0n) is 13.2. The standard InChI is InChI=1S/C18H15ClF2N4/c19-14-9-13(5-6-15(14)21)24-7-8-25-16(10-24)23-17(18(25)22)11-1-3-12(20)4-2-11/h1-6,9H,7-8,10,22H2. The van der Waals surface area contributed by atoms with Gasteiger partial charge in [0.05, 0.1) is 11.6 Å². The number of aromatic nitrogens is 2. The summed E-state index contributed by atoms with van der Waals surface area (Å²) in [5, 5.41) is 0.0953. The average molecular weight is 361 g/mol. The van der Waals surface area contributed by atoms with Crippen molar-refractivity contribution in [3.05, 3.63) is 64.9 Å². The Bertz CT molecular complexity index is 937. The predicted octanol–water partition coefficient (Wildman–Crippen LogP) is 4.08. The van der Waals surface area contributed by atoms with Crippen LogP contribution in [0.25, 0.3) is 11.3 Å². The van der Waals surface area contributed by atoms with Crippen molar-refractivity contribution in [2.75, 3.05) is 17.2 Å². The van der Waals surface area contributed by atoms with E-state index >= 15 is 0 Å². The van der Waals surface area contributed by atoms with Gasteiger partial charge in [0.25, 0.3) is 0 Å². The monoisotopic (exact) mass is 360 g/mol. The Hall–Kier alpha value is -2.60. The maximum absolute atomic E-state index is 13.4. The van der Waals surface area contributed by atoms with Crippen LogP contribution in [0.15, 0.2) is 42.5 Å². The number of nitrogens with zero attached hydrogens (tertiary/aromatic N) is 3. The zero-order chi connectivity index (χ0) is 17.6. The van der Waals surface area contributed by atoms with Gasteiger partial charge in [0.15, 0.2) is 0 Å². The van der Waals surface area contributed by atoms with E-state index in [9.17, 15) is 8.78 Å². The van der Waals surface area contributed by atoms with Crippen LogP contribution in [0.5, 0.6) is 0 Å². The summed E-state index contributed by atoms with van der Waals surface area (Å²) < 4.78 is 28.5. The molecule has 4 rings (SSSR count). The average Bonchev–Trinajstić information content (AvgIpc) is 2.94. The Morgan fingerprint density at radius 2 is 1.80 bits per heavy atom. The lowest BCUT2D eigenvalue weighted by Gasteiger charge is -2.30. The maximum atomic E-state index is 13.4. The minimum absolute atomic E-state index is 0.0953. The van der Waals surface area contributed by atoms with E-state index in [1.165, 1.54) is 18.2 Å². The molecule has 0 atom stereocenters. The van der Waals surface area contributed by atoms with E-state index in [-0.39, 0.29) is 10.8 Å². The van der Waals surface area contributed by atoms with E-state index in [0.717, 1.165) is 17.1 Å². The maximum Gasteiger partial charge on any atom is 0.141 e. The first kappa shape index (κ1) is 15.9. The van der Waals surface area contributed by atoms with Gasteiger partial charge in [-0.05, 0) is 42.5 Å². The number of rotatable bonds is 2. The first-order valence-corrected chi connectivity index (χ1v) is 8.21. The summed E-state index contributed by atoms with van der Waals surface area (Å²) in [7, 11) is 0. The highest BCUT2D eigenvalue weighted by atomic mass is 35.5. The Labute approximate surface area is 148 Å². The summed E-state index contributed by atoms with van der Waals surface area (Å²) in [4.78, 5) is 6.70. The number of anilines is 2. The van der Waals surface area contributed by atoms with Crippen molar-refractivity contribution >= 4 is 23.1 Å². The van der Waals surface area contributed by atoms with Gasteiger partial charge < -0.3 is 15.2 Å². The molecule has 1 aliphatic heterocycles. The molecular weight excluding hydrogens is 346 g/mol. The SMILES string of the molecule is Nc1c(-c2ccc(F)cc2)nc2n1CCN(c1ccc(F)c(Cl)c1)C2. The second-order valence-corrected chi connectivity index (χ2v) is 6.35. The van der Waals surface area contributed by atoms with Crippen LogP contribution in [-0.2, 0) is 13.1 Å². The van der Waals surface area contributed by atoms with Crippen LogP contribution in [-0.4, -0.2) is 16.1 Å². The predicted molar refractivity (Wildman–Crippen MR) is 94.5 cm³/mol. The fraction of sp³-hybridized carbons (Fsp3) is 0.167. The van der Waals surface area contributed by atoms with Gasteiger partial charge in [0.1, 0.15) is 29.0 Å². The van der Waals surface area contributed by atoms with E-state index in [1.54, 1.807) is 24.3 Å². The first-order valence-electron chi connectivity index (χ1n) is 7.84. The molecule has 1 aromatic heterocycles. The molecule has 3 aromatic rings. The van der Waals surface area contributed by atoms with Gasteiger partial charge in [-0.15, -0.1) is 0 Å². The smallest absolute Gasteiger partial charge is 0.141 e. The first-order chi connectivity index (χ1) is 12.0. The number of nitrogen functional groups attached to an aromatic ring is 1. The van der Waals surface area contributed by atoms with Crippen molar-refractivity contribution in [3.8, 4) is 11.3 Å². The zero-order valence-corrected chi connectivity index (χ0v) is 14.0. The topological polar surface area (TPSA) is 47.1 Å². The molecule has 0 aliphatic carbocycles. The van der Waals surface area contributed by atoms with Crippen LogP contribution in [0, 0.1) is 11.6 Å². The third-order valence-electron chi connectivity index (χ3n) is 4.40. The fourth-order valence-corrected chi connectivity index (χ4v) is 3.25. The van der Waals surface area contributed by atoms with Gasteiger partial charge in [-0.2, -0.15) is 0 Å². The number of halogens is 3. The molecule has 0 saturated carbocycles. The molecule has 7 heteroatoms. The summed E-state index contributed by atoms with van der Waals surface area (Å²) in [6.45, 7) is 1.90. The lowest BCUT2D eigenvalue weighted by molar-refractivity contribution is 0.564. The molecule has 0 spiro atoms. The van der Waals surface area contributed by atoms with Crippen molar-refractivity contribution in [2.45, 2.75) is 13.1 Å². The molecule has 0 bridgehead atoms. The quantitative estimate of drug-likeness (QED) is 0.749. The Kier molecular flexibility index (Phi) is 3.84. The van der Waals surface area contributed by atoms with Gasteiger partial charge in [-0.3, -0.25) is 0 Å². The Balaban J connectivity index is 1.66. The molecule has 2 heterocycles. The van der Waals surface area contributed by atoms with Crippen LogP contribution < -0.4 is 10.6 Å². The normalized spacial score (nSPS) is 13.8. The van der Waals surface area contributed by atoms with Gasteiger partial charge in [0.2, 0.25) is 0 Å². The van der Waals surface area contributed by atoms with Gasteiger partial charge >= 0.3 is 0 Å². The minimum Gasteiger partial charge on any atom is -0.383 e. The Morgan fingerprint density at radius 1 is 1.04 bits per heavy atom. The lowest BCUT2D eigenvalue weighted by Crippen LogP contribution is -2.34. The number of imidazole rings is 1. The molecule has 0 amide bonds. The summed E-state index contributed by atoms with van der Waals surface area (Å²) in [6.07, 6.45) is 0. The second-order valence-electron chi connectivity index (χ2n) is 5.94. The van der Waals surface area contributed by atoms with E-state index in [2.05, 4.69) is 9.88 Å². The minimum atomic E-state index is -0.438. The highest BCUT2D eigenvalue weighted by molar-refractivity contribution is 6.31. The number of hydrogen-bond acceptors (Lipinski definition) is 3. The van der Waals surface area contributed by atoms with E-state index in [1.807, 2.05) is 4.57 Å². The molecule has 2 aromatic carbocycles. The molecule has 1 aliphatic rings. The van der Waals surface area contributed by atoms with Gasteiger partial charge in [0, 0.05) is 24.3 Å². The summed E-state index contributed by atoms with van der Waals surface area (Å²) in [5.74, 6) is 0.638. The van der Waals surface area contributed by atoms with Crippen molar-refractivity contribution in [2.24, 2.45) is 0 Å². The summed E-state index contributed by atoms with van der Waals surface area (Å²) in [6, 6.07) is 10.8. The highest BCUT2D eigenvalue weighted by Crippen LogP contribution is 2.31. The van der Waals surface area contributed by atoms with Crippen LogP contribution in [0.1, 0.15) is 5.82 Å². The fourth-order valence-electron chi connectivity index (χ4n) is 3.08. The lowest BCUT2D eigenvalue weighted by atomic mass is 10.1. The number of fused-ring (bicyclic) bond motifs is 1. The summed E-state index contributed by atoms with van der Waals surface area (Å²) >= 11 is 5.88. The molecule has 0 fully saturated rings. The highest BCUT2D eigenvalue weighted by Gasteiger charge is 2.23. The molecule has 4 nitrogen and oxygen atoms in total. The van der Waals surface area contributed by atoms with Crippen molar-refractivity contribution in [1.82, 2.24) is 9.55 Å². The number of nitrogens with two attached hydrogens (primary N) is 1. The van der Waals surface area contributed by atoms with Gasteiger partial charge in [-0.25, -0.2) is 13.8 Å². The molecule has 0 unspecified atom stereocenters. The third kappa shape index (κ3) is 2.82. The van der Waals surface area contributed by atoms with Gasteiger partial charge in [-0.1, -0.05) is 11.6 Å². The molecule has 0 saturated heterocycles. The molecule has 25 heavy (non-hydrogen) atoms. The molecule has 128 valence electrons. The Morgan fingerprint density at radius 3 is 2.52 bits per heavy atom. The van der Waals surface area contributed by atoms with Crippen LogP contribution in [0.4, 0.5) is 20.3 Å².